The van der Waals surface area contributed by atoms with Crippen molar-refractivity contribution in [2.45, 2.75) is 11.8 Å². The lowest BCUT2D eigenvalue weighted by Crippen LogP contribution is -1.94. The SMILES string of the molecule is Cc1cccc(C(Br)c2cc(Cl)ccc2Cl)c1. The fourth-order valence-electron chi connectivity index (χ4n) is 1.72. The van der Waals surface area contributed by atoms with Gasteiger partial charge < -0.3 is 0 Å². The first-order valence-electron chi connectivity index (χ1n) is 5.23. The number of halogens is 3. The van der Waals surface area contributed by atoms with Gasteiger partial charge in [0.1, 0.15) is 0 Å². The molecule has 1 atom stereocenters. The number of hydrogen-bond acceptors (Lipinski definition) is 0. The molecule has 2 aromatic carbocycles. The number of hydrogen-bond donors (Lipinski definition) is 0. The van der Waals surface area contributed by atoms with Crippen LogP contribution >= 0.6 is 39.1 Å². The molecule has 2 aromatic rings. The van der Waals surface area contributed by atoms with Crippen molar-refractivity contribution in [2.24, 2.45) is 0 Å². The Kier molecular flexibility index (Phi) is 4.13. The highest BCUT2D eigenvalue weighted by Crippen LogP contribution is 2.36. The highest BCUT2D eigenvalue weighted by atomic mass is 79.9. The van der Waals surface area contributed by atoms with Gasteiger partial charge in [0.25, 0.3) is 0 Å². The Morgan fingerprint density at radius 2 is 1.82 bits per heavy atom. The van der Waals surface area contributed by atoms with Gasteiger partial charge in [-0.1, -0.05) is 69.0 Å². The first-order chi connectivity index (χ1) is 8.08. The number of aryl methyl sites for hydroxylation is 1. The van der Waals surface area contributed by atoms with Crippen molar-refractivity contribution in [3.05, 3.63) is 69.2 Å². The zero-order valence-electron chi connectivity index (χ0n) is 9.25. The highest BCUT2D eigenvalue weighted by Gasteiger charge is 2.14. The molecule has 3 heteroatoms. The van der Waals surface area contributed by atoms with Gasteiger partial charge in [0.05, 0.1) is 4.83 Å². The van der Waals surface area contributed by atoms with Crippen LogP contribution in [0.1, 0.15) is 21.5 Å². The van der Waals surface area contributed by atoms with Crippen LogP contribution < -0.4 is 0 Å². The third-order valence-corrected chi connectivity index (χ3v) is 4.17. The van der Waals surface area contributed by atoms with Crippen LogP contribution in [0.15, 0.2) is 42.5 Å². The molecular weight excluding hydrogens is 319 g/mol. The van der Waals surface area contributed by atoms with Crippen LogP contribution in [0.5, 0.6) is 0 Å². The zero-order valence-corrected chi connectivity index (χ0v) is 12.4. The average molecular weight is 330 g/mol. The lowest BCUT2D eigenvalue weighted by Gasteiger charge is -2.13. The topological polar surface area (TPSA) is 0 Å². The van der Waals surface area contributed by atoms with Crippen molar-refractivity contribution in [3.8, 4) is 0 Å². The minimum absolute atomic E-state index is 0.0635. The summed E-state index contributed by atoms with van der Waals surface area (Å²) < 4.78 is 0. The number of alkyl halides is 1. The molecule has 0 N–H and O–H groups in total. The van der Waals surface area contributed by atoms with Gasteiger partial charge in [-0.15, -0.1) is 0 Å². The van der Waals surface area contributed by atoms with Gasteiger partial charge in [-0.25, -0.2) is 0 Å². The van der Waals surface area contributed by atoms with Crippen LogP contribution in [0.25, 0.3) is 0 Å². The maximum atomic E-state index is 6.19. The Balaban J connectivity index is 2.43. The fourth-order valence-corrected chi connectivity index (χ4v) is 2.92. The summed E-state index contributed by atoms with van der Waals surface area (Å²) in [6, 6.07) is 13.8. The highest BCUT2D eigenvalue weighted by molar-refractivity contribution is 9.09. The third kappa shape index (κ3) is 3.04. The molecule has 0 aliphatic heterocycles. The average Bonchev–Trinajstić information content (AvgIpc) is 2.31. The Morgan fingerprint density at radius 1 is 1.06 bits per heavy atom. The standard InChI is InChI=1S/C14H11BrCl2/c1-9-3-2-4-10(7-9)14(15)12-8-11(16)5-6-13(12)17/h2-8,14H,1H3. The summed E-state index contributed by atoms with van der Waals surface area (Å²) in [5, 5.41) is 1.42. The predicted octanol–water partition coefficient (Wildman–Crippen LogP) is 5.79. The first-order valence-corrected chi connectivity index (χ1v) is 6.90. The second kappa shape index (κ2) is 5.43. The van der Waals surface area contributed by atoms with E-state index in [4.69, 9.17) is 23.2 Å². The molecule has 0 fully saturated rings. The first kappa shape index (κ1) is 12.9. The van der Waals surface area contributed by atoms with E-state index in [1.807, 2.05) is 18.2 Å². The molecule has 0 nitrogen and oxygen atoms in total. The molecule has 0 aromatic heterocycles. The molecule has 88 valence electrons. The van der Waals surface area contributed by atoms with E-state index in [0.29, 0.717) is 5.02 Å². The smallest absolute Gasteiger partial charge is 0.0659 e. The zero-order chi connectivity index (χ0) is 12.4. The van der Waals surface area contributed by atoms with Gasteiger partial charge >= 0.3 is 0 Å². The Labute approximate surface area is 120 Å². The van der Waals surface area contributed by atoms with E-state index >= 15 is 0 Å². The molecule has 0 aliphatic rings. The van der Waals surface area contributed by atoms with E-state index in [1.54, 1.807) is 6.07 Å². The number of benzene rings is 2. The van der Waals surface area contributed by atoms with Crippen molar-refractivity contribution >= 4 is 39.1 Å². The van der Waals surface area contributed by atoms with E-state index in [-0.39, 0.29) is 4.83 Å². The monoisotopic (exact) mass is 328 g/mol. The van der Waals surface area contributed by atoms with Crippen molar-refractivity contribution < 1.29 is 0 Å². The second-order valence-electron chi connectivity index (χ2n) is 3.94. The van der Waals surface area contributed by atoms with Gasteiger partial charge in [0.15, 0.2) is 0 Å². The van der Waals surface area contributed by atoms with Gasteiger partial charge in [0, 0.05) is 10.0 Å². The normalized spacial score (nSPS) is 12.5. The van der Waals surface area contributed by atoms with Crippen LogP contribution in [0.3, 0.4) is 0 Å². The van der Waals surface area contributed by atoms with Crippen LogP contribution in [0.2, 0.25) is 10.0 Å². The van der Waals surface area contributed by atoms with Crippen molar-refractivity contribution in [3.63, 3.8) is 0 Å². The van der Waals surface area contributed by atoms with Crippen LogP contribution in [0, 0.1) is 6.92 Å². The van der Waals surface area contributed by atoms with E-state index < -0.39 is 0 Å². The molecule has 17 heavy (non-hydrogen) atoms. The fraction of sp³-hybridized carbons (Fsp3) is 0.143. The minimum atomic E-state index is 0.0635. The van der Waals surface area contributed by atoms with Gasteiger partial charge in [-0.2, -0.15) is 0 Å². The molecule has 0 spiro atoms. The molecular formula is C14H11BrCl2. The van der Waals surface area contributed by atoms with Crippen molar-refractivity contribution in [2.75, 3.05) is 0 Å². The molecule has 0 saturated carbocycles. The van der Waals surface area contributed by atoms with Gasteiger partial charge in [0.2, 0.25) is 0 Å². The summed E-state index contributed by atoms with van der Waals surface area (Å²) in [5.74, 6) is 0. The van der Waals surface area contributed by atoms with Gasteiger partial charge in [-0.3, -0.25) is 0 Å². The molecule has 0 radical (unpaired) electrons. The predicted molar refractivity (Wildman–Crippen MR) is 78.4 cm³/mol. The van der Waals surface area contributed by atoms with Crippen LogP contribution in [0.4, 0.5) is 0 Å². The molecule has 0 aliphatic carbocycles. The molecule has 0 amide bonds. The summed E-state index contributed by atoms with van der Waals surface area (Å²) in [5.41, 5.74) is 3.39. The Bertz CT molecular complexity index is 537. The molecule has 0 saturated heterocycles. The largest absolute Gasteiger partial charge is 0.0843 e. The summed E-state index contributed by atoms with van der Waals surface area (Å²) in [7, 11) is 0. The molecule has 1 unspecified atom stereocenters. The van der Waals surface area contributed by atoms with E-state index in [9.17, 15) is 0 Å². The molecule has 0 heterocycles. The van der Waals surface area contributed by atoms with E-state index in [1.165, 1.54) is 11.1 Å². The van der Waals surface area contributed by atoms with Crippen molar-refractivity contribution in [1.29, 1.82) is 0 Å². The quantitative estimate of drug-likeness (QED) is 0.612. The lowest BCUT2D eigenvalue weighted by molar-refractivity contribution is 1.17. The maximum absolute atomic E-state index is 6.19. The third-order valence-electron chi connectivity index (χ3n) is 2.57. The van der Waals surface area contributed by atoms with Crippen molar-refractivity contribution in [1.82, 2.24) is 0 Å². The maximum Gasteiger partial charge on any atom is 0.0659 e. The summed E-state index contributed by atoms with van der Waals surface area (Å²) in [6.45, 7) is 2.07. The second-order valence-corrected chi connectivity index (χ2v) is 5.70. The Morgan fingerprint density at radius 3 is 2.53 bits per heavy atom. The number of rotatable bonds is 2. The lowest BCUT2D eigenvalue weighted by atomic mass is 10.0. The molecule has 0 bridgehead atoms. The summed E-state index contributed by atoms with van der Waals surface area (Å²) in [4.78, 5) is 0.0635. The minimum Gasteiger partial charge on any atom is -0.0843 e. The van der Waals surface area contributed by atoms with E-state index in [2.05, 4.69) is 41.1 Å². The summed E-state index contributed by atoms with van der Waals surface area (Å²) in [6.07, 6.45) is 0. The van der Waals surface area contributed by atoms with Crippen LogP contribution in [-0.2, 0) is 0 Å². The van der Waals surface area contributed by atoms with E-state index in [0.717, 1.165) is 10.6 Å². The summed E-state index contributed by atoms with van der Waals surface area (Å²) >= 11 is 15.9. The van der Waals surface area contributed by atoms with Crippen LogP contribution in [-0.4, -0.2) is 0 Å². The van der Waals surface area contributed by atoms with Gasteiger partial charge in [-0.05, 0) is 36.2 Å². The Hall–Kier alpha value is -0.500. The molecule has 2 rings (SSSR count).